The monoisotopic (exact) mass is 534 g/mol. The van der Waals surface area contributed by atoms with Gasteiger partial charge in [0.25, 0.3) is 0 Å². The molecular weight excluding hydrogens is 487 g/mol. The topological polar surface area (TPSA) is 108 Å². The van der Waals surface area contributed by atoms with E-state index in [1.165, 1.54) is 36.3 Å². The van der Waals surface area contributed by atoms with Crippen molar-refractivity contribution in [3.63, 3.8) is 0 Å². The van der Waals surface area contributed by atoms with Crippen LogP contribution < -0.4 is 11.1 Å². The SMILES string of the molecule is COCCCCC(O)(c1cccc(F)c1)C1CCCN(C(=O)NC(CC2CCCCC2)CN(C)C(N)=O)C1. The van der Waals surface area contributed by atoms with E-state index in [9.17, 15) is 19.1 Å². The number of nitrogens with one attached hydrogen (secondary N) is 1. The second-order valence-electron chi connectivity index (χ2n) is 11.3. The molecule has 8 nitrogen and oxygen atoms in total. The Morgan fingerprint density at radius 3 is 2.68 bits per heavy atom. The molecule has 0 radical (unpaired) electrons. The van der Waals surface area contributed by atoms with Gasteiger partial charge in [-0.15, -0.1) is 0 Å². The van der Waals surface area contributed by atoms with Crippen molar-refractivity contribution in [3.05, 3.63) is 35.6 Å². The molecule has 38 heavy (non-hydrogen) atoms. The van der Waals surface area contributed by atoms with Crippen LogP contribution in [0.1, 0.15) is 76.2 Å². The summed E-state index contributed by atoms with van der Waals surface area (Å²) in [6, 6.07) is 5.30. The first-order valence-electron chi connectivity index (χ1n) is 14.3. The lowest BCUT2D eigenvalue weighted by Crippen LogP contribution is -2.54. The third-order valence-electron chi connectivity index (χ3n) is 8.41. The maximum absolute atomic E-state index is 14.2. The van der Waals surface area contributed by atoms with Gasteiger partial charge in [0.2, 0.25) is 0 Å². The first-order chi connectivity index (χ1) is 18.2. The number of likely N-dealkylation sites (N-methyl/N-ethyl adjacent to an activating group) is 1. The number of unbranched alkanes of at least 4 members (excludes halogenated alkanes) is 1. The molecule has 1 saturated heterocycles. The molecule has 2 aliphatic rings. The average Bonchev–Trinajstić information content (AvgIpc) is 2.91. The van der Waals surface area contributed by atoms with Crippen LogP contribution in [-0.2, 0) is 10.3 Å². The van der Waals surface area contributed by atoms with Crippen LogP contribution in [0, 0.1) is 17.7 Å². The number of amides is 4. The molecule has 4 N–H and O–H groups in total. The number of methoxy groups -OCH3 is 1. The summed E-state index contributed by atoms with van der Waals surface area (Å²) in [4.78, 5) is 28.4. The van der Waals surface area contributed by atoms with E-state index in [1.54, 1.807) is 31.2 Å². The van der Waals surface area contributed by atoms with Gasteiger partial charge in [-0.25, -0.2) is 14.0 Å². The molecule has 0 spiro atoms. The number of carbonyl (C=O) groups is 2. The summed E-state index contributed by atoms with van der Waals surface area (Å²) in [6.07, 6.45) is 10.2. The fraction of sp³-hybridized carbons (Fsp3) is 0.724. The molecule has 214 valence electrons. The lowest BCUT2D eigenvalue weighted by Gasteiger charge is -2.43. The van der Waals surface area contributed by atoms with Crippen LogP contribution in [-0.4, -0.2) is 73.4 Å². The zero-order valence-electron chi connectivity index (χ0n) is 23.2. The number of hydrogen-bond acceptors (Lipinski definition) is 4. The van der Waals surface area contributed by atoms with Gasteiger partial charge in [0.15, 0.2) is 0 Å². The standard InChI is InChI=1S/C29H47FN4O4/c1-33(27(31)35)21-26(18-22-10-4-3-5-11-22)32-28(36)34-16-9-13-24(20-34)29(37,15-6-7-17-38-2)23-12-8-14-25(30)19-23/h8,12,14,19,22,24,26,37H,3-7,9-11,13,15-18,20-21H2,1-2H3,(H2,31,35)(H,32,36). The Kier molecular flexibility index (Phi) is 11.6. The number of piperidine rings is 1. The van der Waals surface area contributed by atoms with E-state index < -0.39 is 11.6 Å². The molecule has 1 aromatic rings. The highest BCUT2D eigenvalue weighted by atomic mass is 19.1. The number of benzene rings is 1. The second kappa shape index (κ2) is 14.7. The Balaban J connectivity index is 1.72. The number of aliphatic hydroxyl groups is 1. The third kappa shape index (κ3) is 8.56. The fourth-order valence-electron chi connectivity index (χ4n) is 6.23. The molecule has 1 saturated carbocycles. The van der Waals surface area contributed by atoms with Gasteiger partial charge < -0.3 is 30.7 Å². The maximum Gasteiger partial charge on any atom is 0.317 e. The Labute approximate surface area is 227 Å². The number of nitrogens with two attached hydrogens (primary N) is 1. The minimum absolute atomic E-state index is 0.186. The van der Waals surface area contributed by atoms with Gasteiger partial charge in [0.1, 0.15) is 5.82 Å². The summed E-state index contributed by atoms with van der Waals surface area (Å²) in [5, 5.41) is 15.2. The van der Waals surface area contributed by atoms with Gasteiger partial charge in [-0.05, 0) is 62.1 Å². The van der Waals surface area contributed by atoms with E-state index in [0.29, 0.717) is 44.1 Å². The first-order valence-corrected chi connectivity index (χ1v) is 14.3. The van der Waals surface area contributed by atoms with Crippen molar-refractivity contribution in [3.8, 4) is 0 Å². The molecule has 3 unspecified atom stereocenters. The maximum atomic E-state index is 14.2. The van der Waals surface area contributed by atoms with Crippen LogP contribution in [0.5, 0.6) is 0 Å². The number of hydrogen-bond donors (Lipinski definition) is 3. The largest absolute Gasteiger partial charge is 0.385 e. The lowest BCUT2D eigenvalue weighted by molar-refractivity contribution is -0.0566. The minimum atomic E-state index is -1.25. The summed E-state index contributed by atoms with van der Waals surface area (Å²) >= 11 is 0. The summed E-state index contributed by atoms with van der Waals surface area (Å²) in [5.41, 5.74) is 4.79. The Bertz CT molecular complexity index is 897. The smallest absolute Gasteiger partial charge is 0.317 e. The Morgan fingerprint density at radius 1 is 1.24 bits per heavy atom. The Hall–Kier alpha value is -2.39. The normalized spacial score (nSPS) is 20.9. The van der Waals surface area contributed by atoms with Crippen LogP contribution in [0.15, 0.2) is 24.3 Å². The molecule has 1 aliphatic heterocycles. The molecule has 1 aromatic carbocycles. The van der Waals surface area contributed by atoms with Gasteiger partial charge in [-0.1, -0.05) is 44.2 Å². The number of primary amides is 1. The number of likely N-dealkylation sites (tertiary alicyclic amines) is 1. The van der Waals surface area contributed by atoms with Crippen LogP contribution in [0.25, 0.3) is 0 Å². The quantitative estimate of drug-likeness (QED) is 0.341. The molecule has 3 rings (SSSR count). The first kappa shape index (κ1) is 30.2. The number of halogens is 1. The predicted octanol–water partition coefficient (Wildman–Crippen LogP) is 4.60. The van der Waals surface area contributed by atoms with Crippen LogP contribution in [0.3, 0.4) is 0 Å². The van der Waals surface area contributed by atoms with Crippen LogP contribution in [0.4, 0.5) is 14.0 Å². The van der Waals surface area contributed by atoms with Gasteiger partial charge >= 0.3 is 12.1 Å². The number of urea groups is 2. The summed E-state index contributed by atoms with van der Waals surface area (Å²) < 4.78 is 19.3. The van der Waals surface area contributed by atoms with Crippen molar-refractivity contribution >= 4 is 12.1 Å². The highest BCUT2D eigenvalue weighted by molar-refractivity contribution is 5.75. The van der Waals surface area contributed by atoms with Gasteiger partial charge in [-0.3, -0.25) is 0 Å². The van der Waals surface area contributed by atoms with Crippen molar-refractivity contribution < 1.29 is 23.8 Å². The number of carbonyl (C=O) groups excluding carboxylic acids is 2. The summed E-state index contributed by atoms with van der Waals surface area (Å²) in [7, 11) is 3.31. The van der Waals surface area contributed by atoms with Gasteiger partial charge in [-0.2, -0.15) is 0 Å². The van der Waals surface area contributed by atoms with Crippen LogP contribution in [0.2, 0.25) is 0 Å². The Morgan fingerprint density at radius 2 is 2.00 bits per heavy atom. The predicted molar refractivity (Wildman–Crippen MR) is 146 cm³/mol. The molecule has 0 bridgehead atoms. The van der Waals surface area contributed by atoms with E-state index in [1.807, 2.05) is 0 Å². The van der Waals surface area contributed by atoms with E-state index in [0.717, 1.165) is 44.9 Å². The van der Waals surface area contributed by atoms with Crippen molar-refractivity contribution in [1.29, 1.82) is 0 Å². The molecule has 3 atom stereocenters. The fourth-order valence-corrected chi connectivity index (χ4v) is 6.23. The molecule has 4 amide bonds. The van der Waals surface area contributed by atoms with Gasteiger partial charge in [0, 0.05) is 52.4 Å². The van der Waals surface area contributed by atoms with Crippen molar-refractivity contribution in [1.82, 2.24) is 15.1 Å². The average molecular weight is 535 g/mol. The van der Waals surface area contributed by atoms with Crippen molar-refractivity contribution in [2.75, 3.05) is 40.4 Å². The highest BCUT2D eigenvalue weighted by Gasteiger charge is 2.41. The number of rotatable bonds is 12. The minimum Gasteiger partial charge on any atom is -0.385 e. The van der Waals surface area contributed by atoms with Crippen molar-refractivity contribution in [2.24, 2.45) is 17.6 Å². The molecule has 1 aliphatic carbocycles. The summed E-state index contributed by atoms with van der Waals surface area (Å²) in [6.45, 7) is 1.93. The van der Waals surface area contributed by atoms with E-state index in [2.05, 4.69) is 5.32 Å². The van der Waals surface area contributed by atoms with E-state index in [-0.39, 0.29) is 23.8 Å². The number of nitrogens with zero attached hydrogens (tertiary/aromatic N) is 2. The van der Waals surface area contributed by atoms with E-state index in [4.69, 9.17) is 10.5 Å². The summed E-state index contributed by atoms with van der Waals surface area (Å²) in [5.74, 6) is -0.0848. The molecular formula is C29H47FN4O4. The molecule has 0 aromatic heterocycles. The zero-order valence-corrected chi connectivity index (χ0v) is 23.2. The zero-order chi connectivity index (χ0) is 27.5. The number of ether oxygens (including phenoxy) is 1. The molecule has 2 fully saturated rings. The van der Waals surface area contributed by atoms with E-state index >= 15 is 0 Å². The van der Waals surface area contributed by atoms with Crippen LogP contribution >= 0.6 is 0 Å². The van der Waals surface area contributed by atoms with Gasteiger partial charge in [0.05, 0.1) is 5.60 Å². The lowest BCUT2D eigenvalue weighted by atomic mass is 9.74. The van der Waals surface area contributed by atoms with Crippen molar-refractivity contribution in [2.45, 2.75) is 82.3 Å². The molecule has 1 heterocycles. The molecule has 9 heteroatoms. The second-order valence-corrected chi connectivity index (χ2v) is 11.3. The third-order valence-corrected chi connectivity index (χ3v) is 8.41. The highest BCUT2D eigenvalue weighted by Crippen LogP contribution is 2.40.